The molecule has 0 radical (unpaired) electrons. The number of hydrogen-bond acceptors (Lipinski definition) is 7. The van der Waals surface area contributed by atoms with Gasteiger partial charge in [0.25, 0.3) is 16.8 Å². The fraction of sp³-hybridized carbons (Fsp3) is 0.409. The van der Waals surface area contributed by atoms with Gasteiger partial charge in [-0.15, -0.1) is 11.8 Å². The van der Waals surface area contributed by atoms with E-state index in [1.165, 1.54) is 15.9 Å². The summed E-state index contributed by atoms with van der Waals surface area (Å²) in [5.41, 5.74) is -0.467. The first-order chi connectivity index (χ1) is 14.3. The number of phenols is 1. The van der Waals surface area contributed by atoms with Crippen molar-refractivity contribution >= 4 is 34.7 Å². The van der Waals surface area contributed by atoms with Gasteiger partial charge in [0.15, 0.2) is 5.75 Å². The molecule has 1 aliphatic carbocycles. The Morgan fingerprint density at radius 2 is 1.90 bits per heavy atom. The molecule has 4 rings (SSSR count). The lowest BCUT2D eigenvalue weighted by molar-refractivity contribution is 0.0824. The number of benzene rings is 1. The highest BCUT2D eigenvalue weighted by Crippen LogP contribution is 2.44. The highest BCUT2D eigenvalue weighted by molar-refractivity contribution is 8.03. The predicted molar refractivity (Wildman–Crippen MR) is 121 cm³/mol. The van der Waals surface area contributed by atoms with Gasteiger partial charge in [-0.2, -0.15) is 0 Å². The number of allylic oxidation sites excluding steroid dienone is 1. The van der Waals surface area contributed by atoms with Crippen LogP contribution in [0.3, 0.4) is 0 Å². The Morgan fingerprint density at radius 3 is 2.50 bits per heavy atom. The highest BCUT2D eigenvalue weighted by atomic mass is 32.2. The zero-order valence-electron chi connectivity index (χ0n) is 17.2. The molecule has 7 nitrogen and oxygen atoms in total. The van der Waals surface area contributed by atoms with Gasteiger partial charge in [-0.1, -0.05) is 19.1 Å². The van der Waals surface area contributed by atoms with Crippen molar-refractivity contribution in [2.75, 3.05) is 30.5 Å². The van der Waals surface area contributed by atoms with Gasteiger partial charge in [0.2, 0.25) is 0 Å². The normalized spacial score (nSPS) is 19.4. The van der Waals surface area contributed by atoms with Crippen molar-refractivity contribution in [2.45, 2.75) is 25.8 Å². The number of rotatable bonds is 7. The van der Waals surface area contributed by atoms with Crippen LogP contribution in [0.4, 0.5) is 17.1 Å². The van der Waals surface area contributed by atoms with Gasteiger partial charge in [0, 0.05) is 24.8 Å². The summed E-state index contributed by atoms with van der Waals surface area (Å²) in [5, 5.41) is 16.7. The van der Waals surface area contributed by atoms with Crippen LogP contribution in [0.15, 0.2) is 38.8 Å². The number of aromatic hydroxyl groups is 1. The first-order valence-corrected chi connectivity index (χ1v) is 11.0. The molecule has 8 heteroatoms. The number of nitrogens with one attached hydrogen (secondary N) is 2. The zero-order chi connectivity index (χ0) is 21.6. The molecule has 2 aromatic rings. The van der Waals surface area contributed by atoms with E-state index >= 15 is 0 Å². The summed E-state index contributed by atoms with van der Waals surface area (Å²) in [7, 11) is 3.18. The molecule has 1 unspecified atom stereocenters. The first-order valence-electron chi connectivity index (χ1n) is 10.0. The number of carbonyl (C=O) groups excluding carboxylic acids is 1. The van der Waals surface area contributed by atoms with E-state index in [9.17, 15) is 19.5 Å². The first kappa shape index (κ1) is 20.5. The maximum absolute atomic E-state index is 12.3. The van der Waals surface area contributed by atoms with E-state index in [-0.39, 0.29) is 40.3 Å². The number of anilines is 3. The van der Waals surface area contributed by atoms with Gasteiger partial charge < -0.3 is 20.6 Å². The van der Waals surface area contributed by atoms with Crippen molar-refractivity contribution < 1.29 is 9.90 Å². The fourth-order valence-electron chi connectivity index (χ4n) is 3.65. The lowest BCUT2D eigenvalue weighted by atomic mass is 10.1. The van der Waals surface area contributed by atoms with Crippen LogP contribution in [0.2, 0.25) is 0 Å². The second kappa shape index (κ2) is 7.83. The minimum Gasteiger partial charge on any atom is -0.505 e. The third-order valence-electron chi connectivity index (χ3n) is 5.50. The Bertz CT molecular complexity index is 1100. The van der Waals surface area contributed by atoms with Crippen molar-refractivity contribution in [1.29, 1.82) is 0 Å². The van der Waals surface area contributed by atoms with Gasteiger partial charge in [-0.25, -0.2) is 0 Å². The van der Waals surface area contributed by atoms with Gasteiger partial charge in [0.1, 0.15) is 11.4 Å². The minimum atomic E-state index is -0.628. The molecule has 30 heavy (non-hydrogen) atoms. The van der Waals surface area contributed by atoms with Crippen molar-refractivity contribution in [1.82, 2.24) is 4.90 Å². The van der Waals surface area contributed by atoms with Crippen molar-refractivity contribution in [3.8, 4) is 5.75 Å². The van der Waals surface area contributed by atoms with Crippen LogP contribution in [-0.4, -0.2) is 41.8 Å². The molecule has 2 aliphatic rings. The molecule has 1 aliphatic heterocycles. The van der Waals surface area contributed by atoms with E-state index in [2.05, 4.69) is 23.6 Å². The maximum atomic E-state index is 12.3. The van der Waals surface area contributed by atoms with Crippen LogP contribution in [0, 0.1) is 11.8 Å². The Labute approximate surface area is 178 Å². The molecule has 0 aromatic heterocycles. The topological polar surface area (TPSA) is 98.7 Å². The van der Waals surface area contributed by atoms with Crippen molar-refractivity contribution in [2.24, 2.45) is 11.8 Å². The van der Waals surface area contributed by atoms with Crippen LogP contribution in [0.5, 0.6) is 5.75 Å². The third kappa shape index (κ3) is 3.71. The number of hydrogen-bond donors (Lipinski definition) is 3. The number of carbonyl (C=O) groups is 1. The number of phenolic OH excluding ortho intramolecular Hbond substituents is 1. The van der Waals surface area contributed by atoms with Gasteiger partial charge in [-0.05, 0) is 36.8 Å². The average molecular weight is 428 g/mol. The van der Waals surface area contributed by atoms with Crippen molar-refractivity contribution in [3.63, 3.8) is 0 Å². The smallest absolute Gasteiger partial charge is 0.257 e. The summed E-state index contributed by atoms with van der Waals surface area (Å²) in [5.74, 6) is 1.37. The molecule has 0 spiro atoms. The number of para-hydroxylation sites is 1. The Kier molecular flexibility index (Phi) is 5.36. The van der Waals surface area contributed by atoms with Crippen LogP contribution >= 0.6 is 11.8 Å². The summed E-state index contributed by atoms with van der Waals surface area (Å²) in [6.45, 7) is 2.17. The molecule has 3 N–H and O–H groups in total. The molecule has 1 amide bonds. The van der Waals surface area contributed by atoms with E-state index < -0.39 is 10.9 Å². The largest absolute Gasteiger partial charge is 0.505 e. The molecule has 0 saturated heterocycles. The molecule has 1 saturated carbocycles. The summed E-state index contributed by atoms with van der Waals surface area (Å²) < 4.78 is 0. The molecule has 158 valence electrons. The highest BCUT2D eigenvalue weighted by Gasteiger charge is 2.37. The molecule has 1 fully saturated rings. The second-order valence-electron chi connectivity index (χ2n) is 8.25. The van der Waals surface area contributed by atoms with Crippen LogP contribution in [-0.2, 0) is 0 Å². The van der Waals surface area contributed by atoms with E-state index in [0.717, 1.165) is 18.6 Å². The predicted octanol–water partition coefficient (Wildman–Crippen LogP) is 2.89. The van der Waals surface area contributed by atoms with Crippen LogP contribution in [0.25, 0.3) is 0 Å². The summed E-state index contributed by atoms with van der Waals surface area (Å²) in [6, 6.07) is 4.72. The van der Waals surface area contributed by atoms with Gasteiger partial charge >= 0.3 is 0 Å². The summed E-state index contributed by atoms with van der Waals surface area (Å²) >= 11 is 1.80. The Morgan fingerprint density at radius 1 is 1.20 bits per heavy atom. The Hall–Kier alpha value is -2.74. The SMILES string of the molecule is CC1C=C([C@H](Nc2c(Nc3cccc(C(=O)N(C)C)c3O)c(=O)c2=O)C2CC2)SC1. The molecule has 2 atom stereocenters. The molecule has 1 heterocycles. The maximum Gasteiger partial charge on any atom is 0.257 e. The monoisotopic (exact) mass is 427 g/mol. The molecule has 2 aromatic carbocycles. The average Bonchev–Trinajstić information content (AvgIpc) is 3.47. The molecule has 0 bridgehead atoms. The number of amides is 1. The standard InChI is InChI=1S/C22H25N3O4S/c1-11-9-15(30-10-11)16(12-7-8-12)24-18-17(20(27)21(18)28)23-14-6-4-5-13(19(14)26)22(29)25(2)3/h4-6,9,11-12,16,23-24,26H,7-8,10H2,1-3H3/t11?,16-/m1/s1. The van der Waals surface area contributed by atoms with Gasteiger partial charge in [0.05, 0.1) is 17.3 Å². The van der Waals surface area contributed by atoms with Gasteiger partial charge in [-0.3, -0.25) is 14.4 Å². The quantitative estimate of drug-likeness (QED) is 0.462. The number of thioether (sulfide) groups is 1. The van der Waals surface area contributed by atoms with E-state index in [0.29, 0.717) is 11.8 Å². The summed E-state index contributed by atoms with van der Waals surface area (Å²) in [4.78, 5) is 39.4. The lowest BCUT2D eigenvalue weighted by Crippen LogP contribution is -2.39. The van der Waals surface area contributed by atoms with Crippen LogP contribution in [0.1, 0.15) is 30.1 Å². The van der Waals surface area contributed by atoms with E-state index in [1.54, 1.807) is 38.0 Å². The zero-order valence-corrected chi connectivity index (χ0v) is 18.0. The van der Waals surface area contributed by atoms with E-state index in [1.807, 2.05) is 0 Å². The minimum absolute atomic E-state index is 0.0269. The van der Waals surface area contributed by atoms with E-state index in [4.69, 9.17) is 0 Å². The summed E-state index contributed by atoms with van der Waals surface area (Å²) in [6.07, 6.45) is 4.43. The Balaban J connectivity index is 1.61. The van der Waals surface area contributed by atoms with Crippen LogP contribution < -0.4 is 21.5 Å². The number of nitrogens with zero attached hydrogens (tertiary/aromatic N) is 1. The second-order valence-corrected chi connectivity index (χ2v) is 9.34. The third-order valence-corrected chi connectivity index (χ3v) is 6.92. The fourth-order valence-corrected chi connectivity index (χ4v) is 4.96. The van der Waals surface area contributed by atoms with Crippen molar-refractivity contribution in [3.05, 3.63) is 55.2 Å². The molecular formula is C22H25N3O4S. The lowest BCUT2D eigenvalue weighted by Gasteiger charge is -2.23. The molecular weight excluding hydrogens is 402 g/mol.